The molecule has 0 radical (unpaired) electrons. The zero-order valence-electron chi connectivity index (χ0n) is 11.4. The van der Waals surface area contributed by atoms with Crippen LogP contribution in [0.25, 0.3) is 0 Å². The minimum atomic E-state index is 0.395. The summed E-state index contributed by atoms with van der Waals surface area (Å²) in [4.78, 5) is 10.8. The number of hydrogen-bond acceptors (Lipinski definition) is 5. The molecule has 0 aromatic carbocycles. The third kappa shape index (κ3) is 4.03. The van der Waals surface area contributed by atoms with E-state index in [1.807, 2.05) is 14.0 Å². The van der Waals surface area contributed by atoms with Gasteiger partial charge in [-0.25, -0.2) is 9.97 Å². The van der Waals surface area contributed by atoms with Crippen LogP contribution in [0.15, 0.2) is 6.07 Å². The first kappa shape index (κ1) is 14.5. The number of aromatic nitrogens is 2. The van der Waals surface area contributed by atoms with Crippen molar-refractivity contribution in [1.82, 2.24) is 9.97 Å². The fourth-order valence-electron chi connectivity index (χ4n) is 2.15. The van der Waals surface area contributed by atoms with Crippen molar-refractivity contribution in [3.05, 3.63) is 17.0 Å². The van der Waals surface area contributed by atoms with Gasteiger partial charge in [0.15, 0.2) is 5.82 Å². The molecule has 0 atom stereocenters. The van der Waals surface area contributed by atoms with Gasteiger partial charge in [0.25, 0.3) is 0 Å². The second kappa shape index (κ2) is 7.03. The van der Waals surface area contributed by atoms with Crippen LogP contribution < -0.4 is 4.90 Å². The van der Waals surface area contributed by atoms with E-state index >= 15 is 0 Å². The van der Waals surface area contributed by atoms with Gasteiger partial charge in [-0.1, -0.05) is 11.6 Å². The van der Waals surface area contributed by atoms with Crippen LogP contribution in [0.3, 0.4) is 0 Å². The molecular weight excluding hydrogens is 266 g/mol. The smallest absolute Gasteiger partial charge is 0.158 e. The van der Waals surface area contributed by atoms with E-state index in [1.165, 1.54) is 0 Å². The van der Waals surface area contributed by atoms with Gasteiger partial charge in [-0.05, 0) is 19.8 Å². The highest BCUT2D eigenvalue weighted by atomic mass is 35.5. The average molecular weight is 286 g/mol. The quantitative estimate of drug-likeness (QED) is 0.777. The molecule has 1 aromatic heterocycles. The minimum Gasteiger partial charge on any atom is -0.381 e. The van der Waals surface area contributed by atoms with Crippen molar-refractivity contribution in [3.63, 3.8) is 0 Å². The standard InChI is InChI=1S/C13H20ClN3O2/c1-3-18-9-12-15-11(14)8-13(16-12)17(2)10-4-6-19-7-5-10/h8,10H,3-7,9H2,1-2H3. The fraction of sp³-hybridized carbons (Fsp3) is 0.692. The lowest BCUT2D eigenvalue weighted by Crippen LogP contribution is -2.37. The van der Waals surface area contributed by atoms with E-state index < -0.39 is 0 Å². The Bertz CT molecular complexity index is 411. The molecule has 1 fully saturated rings. The molecule has 2 rings (SSSR count). The van der Waals surface area contributed by atoms with Crippen LogP contribution in [-0.4, -0.2) is 42.9 Å². The molecule has 0 saturated carbocycles. The van der Waals surface area contributed by atoms with Crippen LogP contribution in [0, 0.1) is 0 Å². The summed E-state index contributed by atoms with van der Waals surface area (Å²) in [5, 5.41) is 0.457. The van der Waals surface area contributed by atoms with Gasteiger partial charge >= 0.3 is 0 Å². The normalized spacial score (nSPS) is 16.6. The number of ether oxygens (including phenoxy) is 2. The van der Waals surface area contributed by atoms with Gasteiger partial charge in [-0.15, -0.1) is 0 Å². The first-order valence-corrected chi connectivity index (χ1v) is 7.00. The molecule has 106 valence electrons. The van der Waals surface area contributed by atoms with Crippen LogP contribution in [-0.2, 0) is 16.1 Å². The van der Waals surface area contributed by atoms with Gasteiger partial charge in [-0.2, -0.15) is 0 Å². The molecule has 2 heterocycles. The number of halogens is 1. The predicted octanol–water partition coefficient (Wildman–Crippen LogP) is 2.28. The van der Waals surface area contributed by atoms with Crippen LogP contribution in [0.5, 0.6) is 0 Å². The summed E-state index contributed by atoms with van der Waals surface area (Å²) in [7, 11) is 2.04. The molecule has 0 aliphatic carbocycles. The summed E-state index contributed by atoms with van der Waals surface area (Å²) < 4.78 is 10.7. The third-order valence-corrected chi connectivity index (χ3v) is 3.46. The lowest BCUT2D eigenvalue weighted by Gasteiger charge is -2.32. The van der Waals surface area contributed by atoms with E-state index in [2.05, 4.69) is 14.9 Å². The highest BCUT2D eigenvalue weighted by Crippen LogP contribution is 2.21. The topological polar surface area (TPSA) is 47.5 Å². The third-order valence-electron chi connectivity index (χ3n) is 3.26. The van der Waals surface area contributed by atoms with Gasteiger partial charge < -0.3 is 14.4 Å². The second-order valence-corrected chi connectivity index (χ2v) is 4.94. The fourth-order valence-corrected chi connectivity index (χ4v) is 2.34. The van der Waals surface area contributed by atoms with Gasteiger partial charge in [-0.3, -0.25) is 0 Å². The van der Waals surface area contributed by atoms with Crippen molar-refractivity contribution < 1.29 is 9.47 Å². The highest BCUT2D eigenvalue weighted by Gasteiger charge is 2.20. The van der Waals surface area contributed by atoms with Gasteiger partial charge in [0.05, 0.1) is 0 Å². The Hall–Kier alpha value is -0.910. The molecule has 5 nitrogen and oxygen atoms in total. The van der Waals surface area contributed by atoms with Crippen molar-refractivity contribution in [2.24, 2.45) is 0 Å². The van der Waals surface area contributed by atoms with E-state index in [9.17, 15) is 0 Å². The molecule has 1 saturated heterocycles. The van der Waals surface area contributed by atoms with Crippen LogP contribution in [0.2, 0.25) is 5.15 Å². The summed E-state index contributed by atoms with van der Waals surface area (Å²) in [5.74, 6) is 1.48. The Kier molecular flexibility index (Phi) is 5.36. The molecule has 0 amide bonds. The van der Waals surface area contributed by atoms with E-state index in [0.29, 0.717) is 30.2 Å². The number of nitrogens with zero attached hydrogens (tertiary/aromatic N) is 3. The maximum Gasteiger partial charge on any atom is 0.158 e. The molecule has 1 aromatic rings. The lowest BCUT2D eigenvalue weighted by molar-refractivity contribution is 0.0853. The molecule has 0 N–H and O–H groups in total. The Morgan fingerprint density at radius 2 is 2.16 bits per heavy atom. The van der Waals surface area contributed by atoms with Crippen LogP contribution >= 0.6 is 11.6 Å². The Labute approximate surface area is 118 Å². The summed E-state index contributed by atoms with van der Waals surface area (Å²) in [5.41, 5.74) is 0. The van der Waals surface area contributed by atoms with E-state index in [-0.39, 0.29) is 0 Å². The zero-order valence-corrected chi connectivity index (χ0v) is 12.2. The zero-order chi connectivity index (χ0) is 13.7. The Morgan fingerprint density at radius 3 is 2.84 bits per heavy atom. The summed E-state index contributed by atoms with van der Waals surface area (Å²) >= 11 is 6.05. The van der Waals surface area contributed by atoms with Crippen LogP contribution in [0.1, 0.15) is 25.6 Å². The second-order valence-electron chi connectivity index (χ2n) is 4.56. The summed E-state index contributed by atoms with van der Waals surface area (Å²) in [6.07, 6.45) is 2.03. The molecule has 1 aliphatic rings. The average Bonchev–Trinajstić information content (AvgIpc) is 2.44. The maximum atomic E-state index is 6.05. The van der Waals surface area contributed by atoms with Crippen LogP contribution in [0.4, 0.5) is 5.82 Å². The molecule has 0 unspecified atom stereocenters. The van der Waals surface area contributed by atoms with E-state index in [1.54, 1.807) is 6.07 Å². The first-order chi connectivity index (χ1) is 9.20. The maximum absolute atomic E-state index is 6.05. The molecule has 6 heteroatoms. The number of rotatable bonds is 5. The monoisotopic (exact) mass is 285 g/mol. The highest BCUT2D eigenvalue weighted by molar-refractivity contribution is 6.29. The van der Waals surface area contributed by atoms with Gasteiger partial charge in [0, 0.05) is 39.0 Å². The van der Waals surface area contributed by atoms with Gasteiger partial charge in [0.1, 0.15) is 17.6 Å². The van der Waals surface area contributed by atoms with Gasteiger partial charge in [0.2, 0.25) is 0 Å². The largest absolute Gasteiger partial charge is 0.381 e. The molecule has 1 aliphatic heterocycles. The van der Waals surface area contributed by atoms with Crippen molar-refractivity contribution in [3.8, 4) is 0 Å². The van der Waals surface area contributed by atoms with E-state index in [0.717, 1.165) is 31.9 Å². The number of anilines is 1. The van der Waals surface area contributed by atoms with Crippen molar-refractivity contribution in [2.75, 3.05) is 31.8 Å². The molecule has 19 heavy (non-hydrogen) atoms. The molecule has 0 bridgehead atoms. The summed E-state index contributed by atoms with van der Waals surface area (Å²) in [6.45, 7) is 4.59. The summed E-state index contributed by atoms with van der Waals surface area (Å²) in [6, 6.07) is 2.24. The SMILES string of the molecule is CCOCc1nc(Cl)cc(N(C)C2CCOCC2)n1. The van der Waals surface area contributed by atoms with Crippen molar-refractivity contribution >= 4 is 17.4 Å². The Morgan fingerprint density at radius 1 is 1.42 bits per heavy atom. The van der Waals surface area contributed by atoms with Crippen molar-refractivity contribution in [1.29, 1.82) is 0 Å². The van der Waals surface area contributed by atoms with E-state index in [4.69, 9.17) is 21.1 Å². The number of hydrogen-bond donors (Lipinski definition) is 0. The molecule has 0 spiro atoms. The van der Waals surface area contributed by atoms with Crippen molar-refractivity contribution in [2.45, 2.75) is 32.4 Å². The molecular formula is C13H20ClN3O2. The first-order valence-electron chi connectivity index (χ1n) is 6.62. The minimum absolute atomic E-state index is 0.395. The lowest BCUT2D eigenvalue weighted by atomic mass is 10.1. The predicted molar refractivity (Wildman–Crippen MR) is 74.6 cm³/mol. The Balaban J connectivity index is 2.11.